The van der Waals surface area contributed by atoms with Crippen LogP contribution in [0.2, 0.25) is 0 Å². The van der Waals surface area contributed by atoms with Crippen molar-refractivity contribution in [2.45, 2.75) is 38.3 Å². The molecule has 0 saturated carbocycles. The summed E-state index contributed by atoms with van der Waals surface area (Å²) in [5.74, 6) is -1.54. The monoisotopic (exact) mass is 277 g/mol. The van der Waals surface area contributed by atoms with Gasteiger partial charge in [0.15, 0.2) is 0 Å². The molecule has 6 nitrogen and oxygen atoms in total. The molecule has 0 aromatic heterocycles. The fourth-order valence-corrected chi connectivity index (χ4v) is 4.70. The molecule has 2 heterocycles. The minimum atomic E-state index is -3.41. The number of ether oxygens (including phenoxy) is 1. The van der Waals surface area contributed by atoms with E-state index >= 15 is 0 Å². The van der Waals surface area contributed by atoms with Crippen LogP contribution in [0, 0.1) is 5.92 Å². The highest BCUT2D eigenvalue weighted by Crippen LogP contribution is 2.28. The Morgan fingerprint density at radius 1 is 1.44 bits per heavy atom. The predicted octanol–water partition coefficient (Wildman–Crippen LogP) is 0.290. The Morgan fingerprint density at radius 2 is 2.17 bits per heavy atom. The van der Waals surface area contributed by atoms with Crippen LogP contribution in [0.15, 0.2) is 0 Å². The number of nitrogens with zero attached hydrogens (tertiary/aromatic N) is 1. The molecule has 2 saturated heterocycles. The molecular formula is C11H19NO5S. The highest BCUT2D eigenvalue weighted by molar-refractivity contribution is 7.89. The fourth-order valence-electron chi connectivity index (χ4n) is 2.74. The molecule has 1 N–H and O–H groups in total. The van der Waals surface area contributed by atoms with Gasteiger partial charge in [-0.1, -0.05) is 0 Å². The highest BCUT2D eigenvalue weighted by atomic mass is 32.2. The quantitative estimate of drug-likeness (QED) is 0.798. The van der Waals surface area contributed by atoms with Gasteiger partial charge < -0.3 is 9.84 Å². The maximum atomic E-state index is 12.2. The van der Waals surface area contributed by atoms with Crippen molar-refractivity contribution in [3.05, 3.63) is 0 Å². The number of rotatable bonds is 4. The number of hydrogen-bond acceptors (Lipinski definition) is 4. The lowest BCUT2D eigenvalue weighted by molar-refractivity contribution is -0.142. The summed E-state index contributed by atoms with van der Waals surface area (Å²) < 4.78 is 31.1. The average molecular weight is 277 g/mol. The minimum Gasteiger partial charge on any atom is -0.481 e. The van der Waals surface area contributed by atoms with Crippen LogP contribution in [0.4, 0.5) is 0 Å². The third kappa shape index (κ3) is 2.67. The van der Waals surface area contributed by atoms with Gasteiger partial charge in [-0.2, -0.15) is 4.31 Å². The second-order valence-corrected chi connectivity index (χ2v) is 6.96. The standard InChI is InChI=1S/C11H19NO5S/c1-8-10(11(13)14)4-5-12(8)18(15,16)7-9-3-2-6-17-9/h8-10H,2-7H2,1H3,(H,13,14). The van der Waals surface area contributed by atoms with Gasteiger partial charge in [-0.05, 0) is 26.2 Å². The molecule has 0 aromatic carbocycles. The van der Waals surface area contributed by atoms with Crippen molar-refractivity contribution in [1.29, 1.82) is 0 Å². The Morgan fingerprint density at radius 3 is 2.67 bits per heavy atom. The van der Waals surface area contributed by atoms with Crippen molar-refractivity contribution < 1.29 is 23.1 Å². The first-order chi connectivity index (χ1) is 8.42. The maximum absolute atomic E-state index is 12.2. The van der Waals surface area contributed by atoms with Gasteiger partial charge in [0, 0.05) is 19.2 Å². The fraction of sp³-hybridized carbons (Fsp3) is 0.909. The molecule has 3 unspecified atom stereocenters. The molecule has 7 heteroatoms. The molecule has 2 fully saturated rings. The van der Waals surface area contributed by atoms with Crippen molar-refractivity contribution >= 4 is 16.0 Å². The van der Waals surface area contributed by atoms with E-state index in [-0.39, 0.29) is 11.9 Å². The molecule has 2 aliphatic heterocycles. The van der Waals surface area contributed by atoms with Crippen LogP contribution >= 0.6 is 0 Å². The Kier molecular flexibility index (Phi) is 3.93. The Balaban J connectivity index is 2.04. The van der Waals surface area contributed by atoms with E-state index < -0.39 is 28.0 Å². The molecule has 0 amide bonds. The number of sulfonamides is 1. The minimum absolute atomic E-state index is 0.0241. The molecule has 104 valence electrons. The smallest absolute Gasteiger partial charge is 0.308 e. The Labute approximate surface area is 107 Å². The lowest BCUT2D eigenvalue weighted by Gasteiger charge is -2.24. The van der Waals surface area contributed by atoms with E-state index in [0.29, 0.717) is 19.6 Å². The van der Waals surface area contributed by atoms with Gasteiger partial charge in [0.2, 0.25) is 10.0 Å². The molecule has 3 atom stereocenters. The zero-order valence-corrected chi connectivity index (χ0v) is 11.2. The largest absolute Gasteiger partial charge is 0.481 e. The number of carbonyl (C=O) groups is 1. The van der Waals surface area contributed by atoms with E-state index in [9.17, 15) is 13.2 Å². The molecule has 18 heavy (non-hydrogen) atoms. The third-order valence-corrected chi connectivity index (χ3v) is 5.81. The normalized spacial score (nSPS) is 33.9. The van der Waals surface area contributed by atoms with Crippen molar-refractivity contribution in [3.63, 3.8) is 0 Å². The Hall–Kier alpha value is -0.660. The molecule has 0 bridgehead atoms. The molecule has 0 radical (unpaired) electrons. The zero-order chi connectivity index (χ0) is 13.3. The van der Waals surface area contributed by atoms with Crippen molar-refractivity contribution in [3.8, 4) is 0 Å². The van der Waals surface area contributed by atoms with Crippen LogP contribution in [-0.2, 0) is 19.6 Å². The number of hydrogen-bond donors (Lipinski definition) is 1. The molecule has 2 rings (SSSR count). The summed E-state index contributed by atoms with van der Waals surface area (Å²) in [6.07, 6.45) is 1.82. The summed E-state index contributed by atoms with van der Waals surface area (Å²) in [6, 6.07) is -0.464. The van der Waals surface area contributed by atoms with Crippen LogP contribution in [0.1, 0.15) is 26.2 Å². The topological polar surface area (TPSA) is 83.9 Å². The lowest BCUT2D eigenvalue weighted by atomic mass is 10.0. The molecular weight excluding hydrogens is 258 g/mol. The van der Waals surface area contributed by atoms with Gasteiger partial charge in [0.25, 0.3) is 0 Å². The summed E-state index contributed by atoms with van der Waals surface area (Å²) in [7, 11) is -3.41. The van der Waals surface area contributed by atoms with E-state index in [1.807, 2.05) is 0 Å². The van der Waals surface area contributed by atoms with Gasteiger partial charge >= 0.3 is 5.97 Å². The van der Waals surface area contributed by atoms with Crippen molar-refractivity contribution in [1.82, 2.24) is 4.31 Å². The van der Waals surface area contributed by atoms with Gasteiger partial charge in [0.05, 0.1) is 17.8 Å². The number of aliphatic carboxylic acids is 1. The van der Waals surface area contributed by atoms with Gasteiger partial charge in [-0.25, -0.2) is 8.42 Å². The Bertz CT molecular complexity index is 415. The lowest BCUT2D eigenvalue weighted by Crippen LogP contribution is -2.41. The van der Waals surface area contributed by atoms with Crippen LogP contribution in [0.3, 0.4) is 0 Å². The number of carboxylic acids is 1. The first-order valence-corrected chi connectivity index (χ1v) is 7.86. The molecule has 2 aliphatic rings. The summed E-state index contributed by atoms with van der Waals surface area (Å²) in [5, 5.41) is 9.01. The van der Waals surface area contributed by atoms with E-state index in [2.05, 4.69) is 0 Å². The van der Waals surface area contributed by atoms with Crippen molar-refractivity contribution in [2.75, 3.05) is 18.9 Å². The first-order valence-electron chi connectivity index (χ1n) is 6.26. The summed E-state index contributed by atoms with van der Waals surface area (Å²) in [6.45, 7) is 2.58. The maximum Gasteiger partial charge on any atom is 0.308 e. The van der Waals surface area contributed by atoms with Crippen LogP contribution < -0.4 is 0 Å². The molecule has 0 aliphatic carbocycles. The summed E-state index contributed by atoms with van der Waals surface area (Å²) >= 11 is 0. The van der Waals surface area contributed by atoms with Crippen LogP contribution in [0.5, 0.6) is 0 Å². The predicted molar refractivity (Wildman–Crippen MR) is 64.7 cm³/mol. The second-order valence-electron chi connectivity index (χ2n) is 5.00. The van der Waals surface area contributed by atoms with Crippen molar-refractivity contribution in [2.24, 2.45) is 5.92 Å². The van der Waals surface area contributed by atoms with E-state index in [0.717, 1.165) is 12.8 Å². The van der Waals surface area contributed by atoms with E-state index in [1.54, 1.807) is 6.92 Å². The van der Waals surface area contributed by atoms with Crippen LogP contribution in [-0.4, -0.2) is 54.8 Å². The van der Waals surface area contributed by atoms with Gasteiger partial charge in [-0.15, -0.1) is 0 Å². The summed E-state index contributed by atoms with van der Waals surface area (Å²) in [5.41, 5.74) is 0. The van der Waals surface area contributed by atoms with Gasteiger partial charge in [0.1, 0.15) is 0 Å². The van der Waals surface area contributed by atoms with Crippen LogP contribution in [0.25, 0.3) is 0 Å². The molecule has 0 aromatic rings. The van der Waals surface area contributed by atoms with E-state index in [1.165, 1.54) is 4.31 Å². The average Bonchev–Trinajstić information content (AvgIpc) is 2.86. The van der Waals surface area contributed by atoms with E-state index in [4.69, 9.17) is 9.84 Å². The number of carboxylic acid groups (broad SMARTS) is 1. The zero-order valence-electron chi connectivity index (χ0n) is 10.4. The third-order valence-electron chi connectivity index (χ3n) is 3.79. The highest BCUT2D eigenvalue weighted by Gasteiger charge is 2.42. The molecule has 0 spiro atoms. The second kappa shape index (κ2) is 5.14. The summed E-state index contributed by atoms with van der Waals surface area (Å²) in [4.78, 5) is 11.0. The SMILES string of the molecule is CC1C(C(=O)O)CCN1S(=O)(=O)CC1CCCO1. The first kappa shape index (κ1) is 13.8. The van der Waals surface area contributed by atoms with Gasteiger partial charge in [-0.3, -0.25) is 4.79 Å².